The smallest absolute Gasteiger partial charge is 0.184 e. The van der Waals surface area contributed by atoms with Crippen molar-refractivity contribution in [1.82, 2.24) is 4.90 Å². The van der Waals surface area contributed by atoms with Crippen molar-refractivity contribution in [3.63, 3.8) is 0 Å². The number of ether oxygens (including phenoxy) is 3. The lowest BCUT2D eigenvalue weighted by molar-refractivity contribution is -0.0443. The zero-order valence-corrected chi connectivity index (χ0v) is 18.6. The Balaban J connectivity index is 1.27. The highest BCUT2D eigenvalue weighted by Gasteiger charge is 2.19. The van der Waals surface area contributed by atoms with Gasteiger partial charge in [-0.2, -0.15) is 0 Å². The highest BCUT2D eigenvalue weighted by molar-refractivity contribution is 5.38. The van der Waals surface area contributed by atoms with Gasteiger partial charge >= 0.3 is 0 Å². The molecule has 5 heteroatoms. The topological polar surface area (TPSA) is 30.9 Å². The second kappa shape index (κ2) is 12.3. The first-order valence-electron chi connectivity index (χ1n) is 11.2. The number of hydrogen-bond donors (Lipinski definition) is 0. The molecule has 0 bridgehead atoms. The van der Waals surface area contributed by atoms with E-state index in [9.17, 15) is 4.39 Å². The van der Waals surface area contributed by atoms with Crippen molar-refractivity contribution in [3.05, 3.63) is 107 Å². The van der Waals surface area contributed by atoms with Crippen molar-refractivity contribution in [2.24, 2.45) is 0 Å². The van der Waals surface area contributed by atoms with Crippen LogP contribution in [0, 0.1) is 17.7 Å². The van der Waals surface area contributed by atoms with Crippen molar-refractivity contribution < 1.29 is 18.6 Å². The van der Waals surface area contributed by atoms with Crippen molar-refractivity contribution >= 4 is 0 Å². The molecular weight excluding hydrogens is 417 g/mol. The zero-order valence-electron chi connectivity index (χ0n) is 18.6. The van der Waals surface area contributed by atoms with E-state index in [-0.39, 0.29) is 12.4 Å². The maximum absolute atomic E-state index is 14.3. The lowest BCUT2D eigenvalue weighted by Gasteiger charge is -2.22. The fraction of sp³-hybridized carbons (Fsp3) is 0.286. The summed E-state index contributed by atoms with van der Waals surface area (Å²) in [6, 6.07) is 25.7. The quantitative estimate of drug-likeness (QED) is 0.345. The van der Waals surface area contributed by atoms with Crippen LogP contribution in [0.4, 0.5) is 4.39 Å². The van der Waals surface area contributed by atoms with E-state index in [0.29, 0.717) is 30.9 Å². The molecule has 3 aromatic rings. The van der Waals surface area contributed by atoms with Crippen LogP contribution in [0.3, 0.4) is 0 Å². The Hall–Kier alpha value is -3.01. The van der Waals surface area contributed by atoms with Crippen molar-refractivity contribution in [2.75, 3.05) is 33.0 Å². The molecule has 0 spiro atoms. The fourth-order valence-electron chi connectivity index (χ4n) is 3.68. The van der Waals surface area contributed by atoms with E-state index in [2.05, 4.69) is 65.3 Å². The predicted molar refractivity (Wildman–Crippen MR) is 126 cm³/mol. The van der Waals surface area contributed by atoms with Gasteiger partial charge in [-0.05, 0) is 23.3 Å². The van der Waals surface area contributed by atoms with Gasteiger partial charge in [0.15, 0.2) is 6.29 Å². The summed E-state index contributed by atoms with van der Waals surface area (Å²) in [5.74, 6) is 5.39. The van der Waals surface area contributed by atoms with Crippen LogP contribution in [0.2, 0.25) is 0 Å². The van der Waals surface area contributed by atoms with Gasteiger partial charge in [-0.25, -0.2) is 4.39 Å². The maximum atomic E-state index is 14.3. The fourth-order valence-corrected chi connectivity index (χ4v) is 3.68. The van der Waals surface area contributed by atoms with Gasteiger partial charge in [0.25, 0.3) is 0 Å². The van der Waals surface area contributed by atoms with Crippen LogP contribution in [0.25, 0.3) is 0 Å². The van der Waals surface area contributed by atoms with Crippen LogP contribution in [0.15, 0.2) is 78.9 Å². The van der Waals surface area contributed by atoms with E-state index >= 15 is 0 Å². The summed E-state index contributed by atoms with van der Waals surface area (Å²) in [5.41, 5.74) is 3.54. The molecule has 1 fully saturated rings. The second-order valence-electron chi connectivity index (χ2n) is 7.85. The highest BCUT2D eigenvalue weighted by Crippen LogP contribution is 2.24. The summed E-state index contributed by atoms with van der Waals surface area (Å²) in [7, 11) is 0. The third-order valence-corrected chi connectivity index (χ3v) is 5.33. The van der Waals surface area contributed by atoms with E-state index in [1.807, 2.05) is 12.1 Å². The molecule has 1 aliphatic heterocycles. The van der Waals surface area contributed by atoms with E-state index < -0.39 is 6.29 Å². The average molecular weight is 446 g/mol. The minimum atomic E-state index is -0.487. The molecule has 4 rings (SSSR count). The van der Waals surface area contributed by atoms with Crippen molar-refractivity contribution in [1.29, 1.82) is 0 Å². The molecule has 0 radical (unpaired) electrons. The highest BCUT2D eigenvalue weighted by atomic mass is 19.1. The number of benzene rings is 3. The Labute approximate surface area is 194 Å². The lowest BCUT2D eigenvalue weighted by Crippen LogP contribution is -2.27. The summed E-state index contributed by atoms with van der Waals surface area (Å²) in [5, 5.41) is 0. The molecule has 0 atom stereocenters. The molecule has 0 N–H and O–H groups in total. The van der Waals surface area contributed by atoms with E-state index in [4.69, 9.17) is 14.2 Å². The van der Waals surface area contributed by atoms with E-state index in [1.165, 1.54) is 17.2 Å². The standard InChI is InChI=1S/C28H28FNO3/c29-27-20-26(28-32-18-19-33-28)14-13-25(27)12-7-16-31-17-15-30(21-23-8-3-1-4-9-23)22-24-10-5-2-6-11-24/h1-6,8-11,13-14,20,28H,15-19,21-22H2. The molecule has 170 valence electrons. The largest absolute Gasteiger partial charge is 0.367 e. The van der Waals surface area contributed by atoms with Crippen LogP contribution in [0.1, 0.15) is 28.5 Å². The third kappa shape index (κ3) is 7.24. The lowest BCUT2D eigenvalue weighted by atomic mass is 10.1. The molecular formula is C28H28FNO3. The van der Waals surface area contributed by atoms with Crippen molar-refractivity contribution in [3.8, 4) is 11.8 Å². The van der Waals surface area contributed by atoms with Crippen LogP contribution >= 0.6 is 0 Å². The second-order valence-corrected chi connectivity index (χ2v) is 7.85. The first-order valence-corrected chi connectivity index (χ1v) is 11.2. The molecule has 0 aliphatic carbocycles. The first kappa shape index (κ1) is 23.2. The molecule has 4 nitrogen and oxygen atoms in total. The molecule has 0 saturated carbocycles. The minimum Gasteiger partial charge on any atom is -0.367 e. The van der Waals surface area contributed by atoms with Crippen molar-refractivity contribution in [2.45, 2.75) is 19.4 Å². The van der Waals surface area contributed by atoms with Crippen LogP contribution in [-0.4, -0.2) is 37.9 Å². The first-order chi connectivity index (χ1) is 16.3. The molecule has 1 saturated heterocycles. The SMILES string of the molecule is Fc1cc(C2OCCO2)ccc1C#CCOCCN(Cc1ccccc1)Cc1ccccc1. The van der Waals surface area contributed by atoms with Crippen LogP contribution in [0.5, 0.6) is 0 Å². The number of halogens is 1. The monoisotopic (exact) mass is 445 g/mol. The summed E-state index contributed by atoms with van der Waals surface area (Å²) in [6.45, 7) is 4.31. The van der Waals surface area contributed by atoms with Gasteiger partial charge in [-0.15, -0.1) is 0 Å². The van der Waals surface area contributed by atoms with Gasteiger partial charge in [0, 0.05) is 25.2 Å². The number of rotatable bonds is 9. The predicted octanol–water partition coefficient (Wildman–Crippen LogP) is 4.94. The van der Waals surface area contributed by atoms with Gasteiger partial charge in [0.2, 0.25) is 0 Å². The van der Waals surface area contributed by atoms with Gasteiger partial charge in [0.05, 0.1) is 25.4 Å². The maximum Gasteiger partial charge on any atom is 0.184 e. The number of nitrogens with zero attached hydrogens (tertiary/aromatic N) is 1. The summed E-state index contributed by atoms with van der Waals surface area (Å²) >= 11 is 0. The molecule has 1 aliphatic rings. The summed E-state index contributed by atoms with van der Waals surface area (Å²) in [4.78, 5) is 2.35. The van der Waals surface area contributed by atoms with Gasteiger partial charge in [0.1, 0.15) is 12.4 Å². The van der Waals surface area contributed by atoms with E-state index in [0.717, 1.165) is 19.6 Å². The van der Waals surface area contributed by atoms with Crippen LogP contribution in [-0.2, 0) is 27.3 Å². The Morgan fingerprint density at radius 3 is 2.12 bits per heavy atom. The summed E-state index contributed by atoms with van der Waals surface area (Å²) < 4.78 is 30.9. The molecule has 0 unspecified atom stereocenters. The normalized spacial score (nSPS) is 13.8. The molecule has 0 amide bonds. The molecule has 1 heterocycles. The Morgan fingerprint density at radius 2 is 1.52 bits per heavy atom. The Morgan fingerprint density at radius 1 is 0.879 bits per heavy atom. The summed E-state index contributed by atoms with van der Waals surface area (Å²) in [6.07, 6.45) is -0.487. The molecule has 0 aromatic heterocycles. The average Bonchev–Trinajstić information content (AvgIpc) is 3.38. The third-order valence-electron chi connectivity index (χ3n) is 5.33. The van der Waals surface area contributed by atoms with Gasteiger partial charge in [-0.1, -0.05) is 78.6 Å². The van der Waals surface area contributed by atoms with Gasteiger partial charge < -0.3 is 14.2 Å². The zero-order chi connectivity index (χ0) is 22.7. The Bertz CT molecular complexity index is 1020. The van der Waals surface area contributed by atoms with E-state index in [1.54, 1.807) is 12.1 Å². The molecule has 33 heavy (non-hydrogen) atoms. The molecule has 3 aromatic carbocycles. The minimum absolute atomic E-state index is 0.251. The number of hydrogen-bond acceptors (Lipinski definition) is 4. The Kier molecular flexibility index (Phi) is 8.62. The van der Waals surface area contributed by atoms with Gasteiger partial charge in [-0.3, -0.25) is 4.90 Å². The van der Waals surface area contributed by atoms with Crippen LogP contribution < -0.4 is 0 Å².